The topological polar surface area (TPSA) is 64.1 Å². The highest BCUT2D eigenvalue weighted by Crippen LogP contribution is 2.17. The van der Waals surface area contributed by atoms with Gasteiger partial charge >= 0.3 is 0 Å². The van der Waals surface area contributed by atoms with Gasteiger partial charge in [-0.3, -0.25) is 0 Å². The summed E-state index contributed by atoms with van der Waals surface area (Å²) in [7, 11) is 0. The van der Waals surface area contributed by atoms with Gasteiger partial charge in [0.1, 0.15) is 5.52 Å². The van der Waals surface area contributed by atoms with Gasteiger partial charge in [-0.1, -0.05) is 6.07 Å². The summed E-state index contributed by atoms with van der Waals surface area (Å²) >= 11 is 0. The van der Waals surface area contributed by atoms with Crippen LogP contribution < -0.4 is 11.1 Å². The third kappa shape index (κ3) is 3.09. The van der Waals surface area contributed by atoms with Crippen LogP contribution in [0.4, 0.5) is 0 Å². The minimum absolute atomic E-state index is 0.00538. The highest BCUT2D eigenvalue weighted by molar-refractivity contribution is 5.73. The number of hydrogen-bond acceptors (Lipinski definition) is 4. The minimum Gasteiger partial charge on any atom is -0.441 e. The van der Waals surface area contributed by atoms with Gasteiger partial charge in [-0.15, -0.1) is 0 Å². The first-order valence-electron chi connectivity index (χ1n) is 6.31. The monoisotopic (exact) mass is 247 g/mol. The maximum atomic E-state index is 5.68. The maximum Gasteiger partial charge on any atom is 0.192 e. The number of benzene rings is 1. The molecule has 0 aliphatic carbocycles. The number of nitrogens with zero attached hydrogens (tertiary/aromatic N) is 1. The molecule has 2 aromatic rings. The second-order valence-electron chi connectivity index (χ2n) is 5.30. The van der Waals surface area contributed by atoms with Crippen LogP contribution >= 0.6 is 0 Å². The Morgan fingerprint density at radius 1 is 1.39 bits per heavy atom. The molecule has 1 aromatic heterocycles. The fraction of sp³-hybridized carbons (Fsp3) is 0.500. The predicted octanol–water partition coefficient (Wildman–Crippen LogP) is 2.01. The lowest BCUT2D eigenvalue weighted by molar-refractivity contribution is 0.402. The van der Waals surface area contributed by atoms with Gasteiger partial charge in [-0.2, -0.15) is 0 Å². The first kappa shape index (κ1) is 13.1. The van der Waals surface area contributed by atoms with E-state index in [1.54, 1.807) is 0 Å². The average molecular weight is 247 g/mol. The summed E-state index contributed by atoms with van der Waals surface area (Å²) < 4.78 is 5.46. The Balaban J connectivity index is 1.99. The SMILES string of the molecule is Cc1nc2cc(CCNC(C)(C)CN)ccc2o1. The zero-order valence-corrected chi connectivity index (χ0v) is 11.3. The minimum atomic E-state index is -0.00538. The van der Waals surface area contributed by atoms with Crippen molar-refractivity contribution in [1.29, 1.82) is 0 Å². The molecule has 4 nitrogen and oxygen atoms in total. The highest BCUT2D eigenvalue weighted by Gasteiger charge is 2.13. The zero-order chi connectivity index (χ0) is 13.2. The van der Waals surface area contributed by atoms with Crippen LogP contribution in [-0.4, -0.2) is 23.6 Å². The van der Waals surface area contributed by atoms with E-state index < -0.39 is 0 Å². The summed E-state index contributed by atoms with van der Waals surface area (Å²) in [6.45, 7) is 7.63. The Morgan fingerprint density at radius 3 is 2.89 bits per heavy atom. The van der Waals surface area contributed by atoms with Crippen molar-refractivity contribution in [2.75, 3.05) is 13.1 Å². The largest absolute Gasteiger partial charge is 0.441 e. The van der Waals surface area contributed by atoms with E-state index in [1.807, 2.05) is 13.0 Å². The maximum absolute atomic E-state index is 5.68. The number of nitrogens with one attached hydrogen (secondary N) is 1. The lowest BCUT2D eigenvalue weighted by Gasteiger charge is -2.24. The van der Waals surface area contributed by atoms with E-state index in [2.05, 4.69) is 36.3 Å². The number of fused-ring (bicyclic) bond motifs is 1. The van der Waals surface area contributed by atoms with Gasteiger partial charge in [0.15, 0.2) is 11.5 Å². The third-order valence-electron chi connectivity index (χ3n) is 3.09. The van der Waals surface area contributed by atoms with Crippen LogP contribution in [0.2, 0.25) is 0 Å². The predicted molar refractivity (Wildman–Crippen MR) is 73.6 cm³/mol. The molecule has 0 atom stereocenters. The van der Waals surface area contributed by atoms with Crippen LogP contribution in [0, 0.1) is 6.92 Å². The molecule has 1 heterocycles. The van der Waals surface area contributed by atoms with E-state index in [4.69, 9.17) is 10.2 Å². The molecule has 98 valence electrons. The molecule has 0 saturated carbocycles. The molecule has 0 spiro atoms. The molecule has 0 aliphatic rings. The van der Waals surface area contributed by atoms with Crippen LogP contribution in [0.5, 0.6) is 0 Å². The van der Waals surface area contributed by atoms with Gasteiger partial charge in [0.25, 0.3) is 0 Å². The van der Waals surface area contributed by atoms with Crippen LogP contribution in [0.3, 0.4) is 0 Å². The van der Waals surface area contributed by atoms with Crippen LogP contribution in [0.1, 0.15) is 25.3 Å². The molecule has 0 aliphatic heterocycles. The molecule has 2 rings (SSSR count). The fourth-order valence-electron chi connectivity index (χ4n) is 1.86. The molecule has 0 fully saturated rings. The van der Waals surface area contributed by atoms with E-state index in [0.29, 0.717) is 12.4 Å². The summed E-state index contributed by atoms with van der Waals surface area (Å²) in [4.78, 5) is 4.34. The Bertz CT molecular complexity index is 531. The van der Waals surface area contributed by atoms with Crippen molar-refractivity contribution in [3.8, 4) is 0 Å². The first-order chi connectivity index (χ1) is 8.50. The second-order valence-corrected chi connectivity index (χ2v) is 5.30. The van der Waals surface area contributed by atoms with E-state index in [1.165, 1.54) is 5.56 Å². The summed E-state index contributed by atoms with van der Waals surface area (Å²) in [6, 6.07) is 6.16. The lowest BCUT2D eigenvalue weighted by Crippen LogP contribution is -2.46. The second kappa shape index (κ2) is 5.08. The van der Waals surface area contributed by atoms with Crippen LogP contribution in [0.25, 0.3) is 11.1 Å². The normalized spacial score (nSPS) is 12.2. The molecule has 0 amide bonds. The van der Waals surface area contributed by atoms with Crippen molar-refractivity contribution < 1.29 is 4.42 Å². The standard InChI is InChI=1S/C14H21N3O/c1-10-17-12-8-11(4-5-13(12)18-10)6-7-16-14(2,3)9-15/h4-5,8,16H,6-7,9,15H2,1-3H3. The van der Waals surface area contributed by atoms with E-state index in [0.717, 1.165) is 24.1 Å². The lowest BCUT2D eigenvalue weighted by atomic mass is 10.1. The Labute approximate surface area is 108 Å². The molecular weight excluding hydrogens is 226 g/mol. The van der Waals surface area contributed by atoms with Gasteiger partial charge in [0, 0.05) is 19.0 Å². The highest BCUT2D eigenvalue weighted by atomic mass is 16.3. The van der Waals surface area contributed by atoms with Crippen molar-refractivity contribution in [3.05, 3.63) is 29.7 Å². The quantitative estimate of drug-likeness (QED) is 0.848. The van der Waals surface area contributed by atoms with Crippen molar-refractivity contribution >= 4 is 11.1 Å². The molecular formula is C14H21N3O. The molecule has 18 heavy (non-hydrogen) atoms. The van der Waals surface area contributed by atoms with Gasteiger partial charge < -0.3 is 15.5 Å². The molecule has 3 N–H and O–H groups in total. The number of nitrogens with two attached hydrogens (primary N) is 1. The summed E-state index contributed by atoms with van der Waals surface area (Å²) in [5.41, 5.74) is 8.72. The van der Waals surface area contributed by atoms with Gasteiger partial charge in [0.05, 0.1) is 0 Å². The average Bonchev–Trinajstić information content (AvgIpc) is 2.68. The molecule has 0 unspecified atom stereocenters. The van der Waals surface area contributed by atoms with E-state index in [-0.39, 0.29) is 5.54 Å². The molecule has 0 saturated heterocycles. The zero-order valence-electron chi connectivity index (χ0n) is 11.3. The van der Waals surface area contributed by atoms with Gasteiger partial charge in [0.2, 0.25) is 0 Å². The van der Waals surface area contributed by atoms with Crippen molar-refractivity contribution in [2.45, 2.75) is 32.7 Å². The third-order valence-corrected chi connectivity index (χ3v) is 3.09. The fourth-order valence-corrected chi connectivity index (χ4v) is 1.86. The Morgan fingerprint density at radius 2 is 2.17 bits per heavy atom. The number of rotatable bonds is 5. The summed E-state index contributed by atoms with van der Waals surface area (Å²) in [5.74, 6) is 0.713. The number of aromatic nitrogens is 1. The van der Waals surface area contributed by atoms with Crippen LogP contribution in [0.15, 0.2) is 22.6 Å². The summed E-state index contributed by atoms with van der Waals surface area (Å²) in [5, 5.41) is 3.44. The van der Waals surface area contributed by atoms with Gasteiger partial charge in [-0.05, 0) is 44.5 Å². The summed E-state index contributed by atoms with van der Waals surface area (Å²) in [6.07, 6.45) is 0.964. The number of hydrogen-bond donors (Lipinski definition) is 2. The number of aryl methyl sites for hydroxylation is 1. The molecule has 0 bridgehead atoms. The van der Waals surface area contributed by atoms with Crippen molar-refractivity contribution in [1.82, 2.24) is 10.3 Å². The molecule has 1 aromatic carbocycles. The smallest absolute Gasteiger partial charge is 0.192 e. The van der Waals surface area contributed by atoms with Crippen molar-refractivity contribution in [2.24, 2.45) is 5.73 Å². The van der Waals surface area contributed by atoms with Gasteiger partial charge in [-0.25, -0.2) is 4.98 Å². The molecule has 0 radical (unpaired) electrons. The number of oxazole rings is 1. The van der Waals surface area contributed by atoms with Crippen LogP contribution in [-0.2, 0) is 6.42 Å². The molecule has 4 heteroatoms. The Hall–Kier alpha value is -1.39. The first-order valence-corrected chi connectivity index (χ1v) is 6.31. The Kier molecular flexibility index (Phi) is 3.68. The van der Waals surface area contributed by atoms with E-state index in [9.17, 15) is 0 Å². The van der Waals surface area contributed by atoms with Crippen molar-refractivity contribution in [3.63, 3.8) is 0 Å². The van der Waals surface area contributed by atoms with E-state index >= 15 is 0 Å².